The van der Waals surface area contributed by atoms with Crippen molar-refractivity contribution in [2.24, 2.45) is 47.3 Å². The summed E-state index contributed by atoms with van der Waals surface area (Å²) < 4.78 is 11.0. The van der Waals surface area contributed by atoms with Crippen LogP contribution in [0.3, 0.4) is 0 Å². The first-order valence-corrected chi connectivity index (χ1v) is 13.1. The molecule has 2 N–H and O–H groups in total. The Bertz CT molecular complexity index is 683. The summed E-state index contributed by atoms with van der Waals surface area (Å²) in [6.45, 7) is 8.81. The summed E-state index contributed by atoms with van der Waals surface area (Å²) in [7, 11) is 0. The molecule has 11 unspecified atom stereocenters. The summed E-state index contributed by atoms with van der Waals surface area (Å²) in [5.41, 5.74) is 0. The van der Waals surface area contributed by atoms with Crippen molar-refractivity contribution >= 4 is 11.9 Å². The van der Waals surface area contributed by atoms with Gasteiger partial charge in [-0.15, -0.1) is 0 Å². The molecule has 6 nitrogen and oxygen atoms in total. The van der Waals surface area contributed by atoms with Gasteiger partial charge in [-0.1, -0.05) is 13.8 Å². The van der Waals surface area contributed by atoms with Crippen LogP contribution in [0.5, 0.6) is 0 Å². The van der Waals surface area contributed by atoms with Gasteiger partial charge in [0.2, 0.25) is 0 Å². The molecular formula is C26H43NO5. The first kappa shape index (κ1) is 24.0. The molecule has 0 aromatic heterocycles. The maximum absolute atomic E-state index is 12.8. The van der Waals surface area contributed by atoms with E-state index in [2.05, 4.69) is 5.32 Å². The van der Waals surface area contributed by atoms with Crippen molar-refractivity contribution in [1.82, 2.24) is 5.32 Å². The zero-order valence-corrected chi connectivity index (χ0v) is 20.3. The third kappa shape index (κ3) is 4.59. The molecular weight excluding hydrogens is 406 g/mol. The second kappa shape index (κ2) is 10.0. The maximum Gasteiger partial charge on any atom is 0.324 e. The average Bonchev–Trinajstić information content (AvgIpc) is 3.54. The molecule has 0 aromatic rings. The van der Waals surface area contributed by atoms with Gasteiger partial charge >= 0.3 is 11.9 Å². The third-order valence-corrected chi connectivity index (χ3v) is 9.41. The fourth-order valence-corrected chi connectivity index (χ4v) is 7.74. The van der Waals surface area contributed by atoms with Gasteiger partial charge in [-0.2, -0.15) is 0 Å². The normalized spacial score (nSPS) is 39.5. The lowest BCUT2D eigenvalue weighted by Crippen LogP contribution is -2.46. The quantitative estimate of drug-likeness (QED) is 0.371. The highest BCUT2D eigenvalue weighted by atomic mass is 16.6. The monoisotopic (exact) mass is 449 g/mol. The Kier molecular flexibility index (Phi) is 7.50. The van der Waals surface area contributed by atoms with Gasteiger partial charge in [0, 0.05) is 6.61 Å². The van der Waals surface area contributed by atoms with E-state index in [9.17, 15) is 14.7 Å². The van der Waals surface area contributed by atoms with E-state index in [4.69, 9.17) is 9.47 Å². The number of ether oxygens (including phenoxy) is 2. The standard InChI is InChI=1S/C26H43NO5/c1-5-14(3)31-23(29)11-22(26(30)32-15(4)6-2)27-12-18-7-16-9-20(18)25-21-10-17(24(16)25)8-19(21)13-28/h14-22,24-25,27-28H,5-13H2,1-4H3. The minimum Gasteiger partial charge on any atom is -0.463 e. The van der Waals surface area contributed by atoms with Gasteiger partial charge in [0.15, 0.2) is 0 Å². The van der Waals surface area contributed by atoms with E-state index in [0.29, 0.717) is 30.3 Å². The van der Waals surface area contributed by atoms with E-state index in [-0.39, 0.29) is 30.6 Å². The SMILES string of the molecule is CCC(C)OC(=O)CC(NCC1CC2CC1C1C3CC(CC3CO)C21)C(=O)OC(C)CC. The molecule has 4 aliphatic carbocycles. The zero-order valence-electron chi connectivity index (χ0n) is 20.3. The van der Waals surface area contributed by atoms with E-state index in [1.165, 1.54) is 25.7 Å². The number of carbonyl (C=O) groups is 2. The number of nitrogens with one attached hydrogen (secondary N) is 1. The molecule has 4 aliphatic rings. The highest BCUT2D eigenvalue weighted by Crippen LogP contribution is 2.69. The lowest BCUT2D eigenvalue weighted by Gasteiger charge is -2.41. The van der Waals surface area contributed by atoms with E-state index in [1.807, 2.05) is 27.7 Å². The number of aliphatic hydroxyl groups excluding tert-OH is 1. The molecule has 0 heterocycles. The van der Waals surface area contributed by atoms with Crippen LogP contribution >= 0.6 is 0 Å². The van der Waals surface area contributed by atoms with Crippen molar-refractivity contribution in [1.29, 1.82) is 0 Å². The van der Waals surface area contributed by atoms with Crippen molar-refractivity contribution in [3.8, 4) is 0 Å². The molecule has 6 heteroatoms. The number of aliphatic hydroxyl groups is 1. The Hall–Kier alpha value is -1.14. The van der Waals surface area contributed by atoms with Gasteiger partial charge in [0.25, 0.3) is 0 Å². The highest BCUT2D eigenvalue weighted by Gasteiger charge is 2.64. The van der Waals surface area contributed by atoms with E-state index >= 15 is 0 Å². The van der Waals surface area contributed by atoms with Gasteiger partial charge < -0.3 is 19.9 Å². The summed E-state index contributed by atoms with van der Waals surface area (Å²) in [6, 6.07) is -0.652. The van der Waals surface area contributed by atoms with E-state index in [0.717, 1.165) is 43.1 Å². The molecule has 4 fully saturated rings. The topological polar surface area (TPSA) is 84.9 Å². The summed E-state index contributed by atoms with van der Waals surface area (Å²) in [4.78, 5) is 25.2. The summed E-state index contributed by atoms with van der Waals surface area (Å²) >= 11 is 0. The van der Waals surface area contributed by atoms with E-state index < -0.39 is 6.04 Å². The van der Waals surface area contributed by atoms with Crippen molar-refractivity contribution in [2.45, 2.75) is 90.9 Å². The van der Waals surface area contributed by atoms with E-state index in [1.54, 1.807) is 0 Å². The summed E-state index contributed by atoms with van der Waals surface area (Å²) in [5.74, 6) is 5.04. The highest BCUT2D eigenvalue weighted by molar-refractivity contribution is 5.82. The van der Waals surface area contributed by atoms with Crippen molar-refractivity contribution < 1.29 is 24.2 Å². The summed E-state index contributed by atoms with van der Waals surface area (Å²) in [6.07, 6.45) is 6.31. The Morgan fingerprint density at radius 1 is 0.906 bits per heavy atom. The van der Waals surface area contributed by atoms with Crippen molar-refractivity contribution in [2.75, 3.05) is 13.2 Å². The first-order chi connectivity index (χ1) is 15.4. The van der Waals surface area contributed by atoms with Crippen LogP contribution in [0.15, 0.2) is 0 Å². The van der Waals surface area contributed by atoms with Crippen LogP contribution in [0.4, 0.5) is 0 Å². The Balaban J connectivity index is 1.36. The Morgan fingerprint density at radius 3 is 2.12 bits per heavy atom. The molecule has 4 rings (SSSR count). The third-order valence-electron chi connectivity index (χ3n) is 9.41. The molecule has 32 heavy (non-hydrogen) atoms. The lowest BCUT2D eigenvalue weighted by atomic mass is 9.65. The molecule has 11 atom stereocenters. The largest absolute Gasteiger partial charge is 0.463 e. The van der Waals surface area contributed by atoms with Crippen LogP contribution in [0.1, 0.15) is 72.6 Å². The fourth-order valence-electron chi connectivity index (χ4n) is 7.74. The predicted octanol–water partition coefficient (Wildman–Crippen LogP) is 3.55. The minimum absolute atomic E-state index is 0.0176. The van der Waals surface area contributed by atoms with Crippen molar-refractivity contribution in [3.05, 3.63) is 0 Å². The van der Waals surface area contributed by atoms with Gasteiger partial charge in [0.05, 0.1) is 18.6 Å². The molecule has 0 aromatic carbocycles. The van der Waals surface area contributed by atoms with Gasteiger partial charge in [-0.25, -0.2) is 0 Å². The number of hydrogen-bond donors (Lipinski definition) is 2. The smallest absolute Gasteiger partial charge is 0.324 e. The number of rotatable bonds is 11. The van der Waals surface area contributed by atoms with Crippen molar-refractivity contribution in [3.63, 3.8) is 0 Å². The van der Waals surface area contributed by atoms with Crippen LogP contribution in [0.25, 0.3) is 0 Å². The minimum atomic E-state index is -0.652. The molecule has 0 aliphatic heterocycles. The number of carbonyl (C=O) groups excluding carboxylic acids is 2. The fraction of sp³-hybridized carbons (Fsp3) is 0.923. The molecule has 0 saturated heterocycles. The molecule has 0 amide bonds. The number of esters is 2. The number of fused-ring (bicyclic) bond motifs is 9. The van der Waals surface area contributed by atoms with Crippen LogP contribution in [0, 0.1) is 47.3 Å². The molecule has 0 spiro atoms. The van der Waals surface area contributed by atoms with Crippen LogP contribution < -0.4 is 5.32 Å². The zero-order chi connectivity index (χ0) is 23.0. The second-order valence-corrected chi connectivity index (χ2v) is 11.2. The van der Waals surface area contributed by atoms with Gasteiger partial charge in [-0.05, 0) is 106 Å². The van der Waals surface area contributed by atoms with Gasteiger partial charge in [0.1, 0.15) is 6.04 Å². The number of hydrogen-bond acceptors (Lipinski definition) is 6. The molecule has 0 radical (unpaired) electrons. The van der Waals surface area contributed by atoms with Crippen LogP contribution in [0.2, 0.25) is 0 Å². The van der Waals surface area contributed by atoms with Gasteiger partial charge in [-0.3, -0.25) is 9.59 Å². The average molecular weight is 450 g/mol. The Morgan fingerprint density at radius 2 is 1.50 bits per heavy atom. The van der Waals surface area contributed by atoms with Crippen LogP contribution in [-0.2, 0) is 19.1 Å². The second-order valence-electron chi connectivity index (χ2n) is 11.2. The molecule has 4 saturated carbocycles. The first-order valence-electron chi connectivity index (χ1n) is 13.1. The predicted molar refractivity (Wildman–Crippen MR) is 122 cm³/mol. The lowest BCUT2D eigenvalue weighted by molar-refractivity contribution is -0.158. The maximum atomic E-state index is 12.8. The molecule has 4 bridgehead atoms. The Labute approximate surface area is 193 Å². The molecule has 182 valence electrons. The van der Waals surface area contributed by atoms with Crippen LogP contribution in [-0.4, -0.2) is 48.4 Å². The summed E-state index contributed by atoms with van der Waals surface area (Å²) in [5, 5.41) is 13.3.